The number of hydrogen-bond donors (Lipinski definition) is 1. The van der Waals surface area contributed by atoms with Crippen molar-refractivity contribution in [3.63, 3.8) is 0 Å². The van der Waals surface area contributed by atoms with Crippen LogP contribution in [0.2, 0.25) is 0 Å². The third-order valence-electron chi connectivity index (χ3n) is 4.91. The van der Waals surface area contributed by atoms with E-state index in [1.165, 1.54) is 5.56 Å². The Hall–Kier alpha value is -2.57. The van der Waals surface area contributed by atoms with Gasteiger partial charge in [0.05, 0.1) is 37.6 Å². The second-order valence-electron chi connectivity index (χ2n) is 6.37. The summed E-state index contributed by atoms with van der Waals surface area (Å²) in [5, 5.41) is 7.96. The van der Waals surface area contributed by atoms with Crippen molar-refractivity contribution in [3.05, 3.63) is 60.4 Å². The molecule has 1 aromatic carbocycles. The van der Waals surface area contributed by atoms with Gasteiger partial charge < -0.3 is 14.8 Å². The van der Waals surface area contributed by atoms with E-state index in [1.807, 2.05) is 41.2 Å². The van der Waals surface area contributed by atoms with E-state index in [2.05, 4.69) is 33.5 Å². The third kappa shape index (κ3) is 3.38. The highest BCUT2D eigenvalue weighted by atomic mass is 16.5. The van der Waals surface area contributed by atoms with E-state index in [-0.39, 0.29) is 6.04 Å². The summed E-state index contributed by atoms with van der Waals surface area (Å²) in [5.74, 6) is 0.924. The van der Waals surface area contributed by atoms with Crippen molar-refractivity contribution >= 4 is 11.2 Å². The van der Waals surface area contributed by atoms with Gasteiger partial charge in [-0.05, 0) is 24.3 Å². The summed E-state index contributed by atoms with van der Waals surface area (Å²) in [7, 11) is 1.73. The van der Waals surface area contributed by atoms with Crippen LogP contribution in [0.25, 0.3) is 5.52 Å². The molecule has 1 aliphatic heterocycles. The molecule has 3 aromatic rings. The molecule has 0 saturated carbocycles. The zero-order chi connectivity index (χ0) is 17.8. The Morgan fingerprint density at radius 1 is 1.15 bits per heavy atom. The van der Waals surface area contributed by atoms with E-state index in [0.29, 0.717) is 0 Å². The minimum absolute atomic E-state index is 0.207. The first-order valence-corrected chi connectivity index (χ1v) is 8.98. The maximum atomic E-state index is 5.63. The van der Waals surface area contributed by atoms with Crippen molar-refractivity contribution in [2.75, 3.05) is 45.3 Å². The van der Waals surface area contributed by atoms with Crippen LogP contribution >= 0.6 is 0 Å². The van der Waals surface area contributed by atoms with Gasteiger partial charge in [0.2, 0.25) is 0 Å². The van der Waals surface area contributed by atoms with Gasteiger partial charge in [0, 0.05) is 37.6 Å². The summed E-state index contributed by atoms with van der Waals surface area (Å²) in [6.07, 6.45) is 3.78. The minimum Gasteiger partial charge on any atom is -0.496 e. The summed E-state index contributed by atoms with van der Waals surface area (Å²) in [6, 6.07) is 14.6. The molecule has 0 spiro atoms. The van der Waals surface area contributed by atoms with Crippen LogP contribution < -0.4 is 10.1 Å². The van der Waals surface area contributed by atoms with Crippen LogP contribution in [0, 0.1) is 0 Å². The molecule has 1 aliphatic rings. The molecule has 136 valence electrons. The predicted molar refractivity (Wildman–Crippen MR) is 102 cm³/mol. The second kappa shape index (κ2) is 7.76. The Balaban J connectivity index is 1.61. The molecule has 1 N–H and O–H groups in total. The lowest BCUT2D eigenvalue weighted by molar-refractivity contribution is 0.0183. The summed E-state index contributed by atoms with van der Waals surface area (Å²) >= 11 is 0. The maximum Gasteiger partial charge on any atom is 0.123 e. The van der Waals surface area contributed by atoms with E-state index in [0.717, 1.165) is 49.8 Å². The lowest BCUT2D eigenvalue weighted by Crippen LogP contribution is -2.41. The van der Waals surface area contributed by atoms with Crippen molar-refractivity contribution in [2.24, 2.45) is 0 Å². The second-order valence-corrected chi connectivity index (χ2v) is 6.37. The first-order valence-electron chi connectivity index (χ1n) is 8.98. The van der Waals surface area contributed by atoms with Crippen LogP contribution in [0.1, 0.15) is 11.6 Å². The van der Waals surface area contributed by atoms with Gasteiger partial charge in [-0.2, -0.15) is 5.10 Å². The van der Waals surface area contributed by atoms with Crippen molar-refractivity contribution < 1.29 is 9.47 Å². The van der Waals surface area contributed by atoms with E-state index >= 15 is 0 Å². The summed E-state index contributed by atoms with van der Waals surface area (Å²) in [4.78, 5) is 2.46. The zero-order valence-corrected chi connectivity index (χ0v) is 15.0. The molecule has 4 rings (SSSR count). The molecule has 6 nitrogen and oxygen atoms in total. The van der Waals surface area contributed by atoms with Crippen LogP contribution in [0.15, 0.2) is 54.9 Å². The number of hydrogen-bond acceptors (Lipinski definition) is 5. The first kappa shape index (κ1) is 16.9. The standard InChI is InChI=1S/C20H24N4O2/c1-25-20-7-3-2-5-16(20)19(23-11-13-26-14-12-23)15-21-17-8-9-22-24-10-4-6-18(17)24/h2-10,19,21H,11-15H2,1H3. The van der Waals surface area contributed by atoms with Gasteiger partial charge in [-0.15, -0.1) is 0 Å². The largest absolute Gasteiger partial charge is 0.496 e. The highest BCUT2D eigenvalue weighted by Crippen LogP contribution is 2.30. The van der Waals surface area contributed by atoms with Gasteiger partial charge in [0.15, 0.2) is 0 Å². The Morgan fingerprint density at radius 2 is 2.00 bits per heavy atom. The fraction of sp³-hybridized carbons (Fsp3) is 0.350. The van der Waals surface area contributed by atoms with Crippen molar-refractivity contribution in [3.8, 4) is 5.75 Å². The number of ether oxygens (including phenoxy) is 2. The maximum absolute atomic E-state index is 5.63. The normalized spacial score (nSPS) is 16.5. The van der Waals surface area contributed by atoms with Crippen molar-refractivity contribution in [2.45, 2.75) is 6.04 Å². The van der Waals surface area contributed by atoms with Crippen molar-refractivity contribution in [1.82, 2.24) is 14.5 Å². The first-order chi connectivity index (χ1) is 12.9. The molecule has 6 heteroatoms. The Morgan fingerprint density at radius 3 is 2.85 bits per heavy atom. The van der Waals surface area contributed by atoms with Gasteiger partial charge >= 0.3 is 0 Å². The summed E-state index contributed by atoms with van der Waals surface area (Å²) < 4.78 is 13.1. The van der Waals surface area contributed by atoms with Gasteiger partial charge in [-0.25, -0.2) is 4.52 Å². The zero-order valence-electron chi connectivity index (χ0n) is 15.0. The fourth-order valence-electron chi connectivity index (χ4n) is 3.57. The highest BCUT2D eigenvalue weighted by molar-refractivity contribution is 5.71. The number of fused-ring (bicyclic) bond motifs is 1. The summed E-state index contributed by atoms with van der Waals surface area (Å²) in [5.41, 5.74) is 3.36. The topological polar surface area (TPSA) is 51.0 Å². The average Bonchev–Trinajstić information content (AvgIpc) is 3.19. The molecule has 2 aromatic heterocycles. The van der Waals surface area contributed by atoms with E-state index < -0.39 is 0 Å². The molecule has 0 aliphatic carbocycles. The van der Waals surface area contributed by atoms with Crippen LogP contribution in [0.3, 0.4) is 0 Å². The SMILES string of the molecule is COc1ccccc1C(CNc1ccnn2cccc12)N1CCOCC1. The number of methoxy groups -OCH3 is 1. The smallest absolute Gasteiger partial charge is 0.123 e. The fourth-order valence-corrected chi connectivity index (χ4v) is 3.57. The molecule has 0 amide bonds. The predicted octanol–water partition coefficient (Wildman–Crippen LogP) is 2.83. The lowest BCUT2D eigenvalue weighted by Gasteiger charge is -2.35. The molecule has 1 atom stereocenters. The number of para-hydroxylation sites is 1. The molecule has 26 heavy (non-hydrogen) atoms. The Labute approximate surface area is 153 Å². The molecule has 1 fully saturated rings. The number of anilines is 1. The number of nitrogens with one attached hydrogen (secondary N) is 1. The molecular formula is C20H24N4O2. The van der Waals surface area contributed by atoms with E-state index in [4.69, 9.17) is 9.47 Å². The summed E-state index contributed by atoms with van der Waals surface area (Å²) in [6.45, 7) is 4.15. The number of morpholine rings is 1. The third-order valence-corrected chi connectivity index (χ3v) is 4.91. The minimum atomic E-state index is 0.207. The van der Waals surface area contributed by atoms with E-state index in [9.17, 15) is 0 Å². The Kier molecular flexibility index (Phi) is 5.04. The Bertz CT molecular complexity index is 858. The molecule has 1 unspecified atom stereocenters. The molecule has 0 radical (unpaired) electrons. The number of benzene rings is 1. The van der Waals surface area contributed by atoms with Gasteiger partial charge in [-0.3, -0.25) is 4.90 Å². The van der Waals surface area contributed by atoms with Gasteiger partial charge in [0.25, 0.3) is 0 Å². The van der Waals surface area contributed by atoms with Crippen LogP contribution in [0.4, 0.5) is 5.69 Å². The van der Waals surface area contributed by atoms with Crippen LogP contribution in [-0.2, 0) is 4.74 Å². The quantitative estimate of drug-likeness (QED) is 0.739. The monoisotopic (exact) mass is 352 g/mol. The molecular weight excluding hydrogens is 328 g/mol. The number of aromatic nitrogens is 2. The molecule has 0 bridgehead atoms. The molecule has 3 heterocycles. The van der Waals surface area contributed by atoms with Gasteiger partial charge in [-0.1, -0.05) is 18.2 Å². The highest BCUT2D eigenvalue weighted by Gasteiger charge is 2.25. The number of rotatable bonds is 6. The van der Waals surface area contributed by atoms with E-state index in [1.54, 1.807) is 7.11 Å². The average molecular weight is 352 g/mol. The van der Waals surface area contributed by atoms with Crippen LogP contribution in [-0.4, -0.2) is 54.5 Å². The van der Waals surface area contributed by atoms with Crippen LogP contribution in [0.5, 0.6) is 5.75 Å². The number of nitrogens with zero attached hydrogens (tertiary/aromatic N) is 3. The van der Waals surface area contributed by atoms with Crippen molar-refractivity contribution in [1.29, 1.82) is 0 Å². The van der Waals surface area contributed by atoms with Gasteiger partial charge in [0.1, 0.15) is 5.75 Å². The molecule has 1 saturated heterocycles. The lowest BCUT2D eigenvalue weighted by atomic mass is 10.0.